The number of aromatic nitrogens is 2. The number of nitrogens with zero attached hydrogens (tertiary/aromatic N) is 2. The van der Waals surface area contributed by atoms with Gasteiger partial charge in [-0.25, -0.2) is 4.98 Å². The molecule has 1 N–H and O–H groups in total. The monoisotopic (exact) mass is 239 g/mol. The van der Waals surface area contributed by atoms with Crippen LogP contribution in [0.2, 0.25) is 0 Å². The molecule has 0 radical (unpaired) electrons. The summed E-state index contributed by atoms with van der Waals surface area (Å²) in [5.41, 5.74) is -0.261. The fourth-order valence-corrected chi connectivity index (χ4v) is 2.05. The maximum Gasteiger partial charge on any atom is 0.128 e. The zero-order valence-electron chi connectivity index (χ0n) is 11.7. The highest BCUT2D eigenvalue weighted by Gasteiger charge is 2.33. The summed E-state index contributed by atoms with van der Waals surface area (Å²) in [6.45, 7) is 10.1. The van der Waals surface area contributed by atoms with Crippen molar-refractivity contribution in [1.29, 1.82) is 0 Å². The van der Waals surface area contributed by atoms with Crippen LogP contribution in [-0.2, 0) is 11.8 Å². The average Bonchev–Trinajstić information content (AvgIpc) is 2.65. The molecule has 1 rings (SSSR count). The summed E-state index contributed by atoms with van der Waals surface area (Å²) in [5, 5.41) is 3.53. The second kappa shape index (κ2) is 6.17. The van der Waals surface area contributed by atoms with Crippen LogP contribution in [0, 0.1) is 0 Å². The van der Waals surface area contributed by atoms with Crippen molar-refractivity contribution in [1.82, 2.24) is 14.9 Å². The summed E-state index contributed by atoms with van der Waals surface area (Å²) in [6, 6.07) is 0.113. The van der Waals surface area contributed by atoms with E-state index in [2.05, 4.69) is 31.1 Å². The van der Waals surface area contributed by atoms with Crippen molar-refractivity contribution >= 4 is 0 Å². The Morgan fingerprint density at radius 3 is 2.65 bits per heavy atom. The topological polar surface area (TPSA) is 39.1 Å². The molecule has 0 saturated heterocycles. The summed E-state index contributed by atoms with van der Waals surface area (Å²) in [6.07, 6.45) is 4.90. The van der Waals surface area contributed by atoms with E-state index in [0.717, 1.165) is 18.8 Å². The molecule has 0 aliphatic rings. The Morgan fingerprint density at radius 1 is 1.47 bits per heavy atom. The summed E-state index contributed by atoms with van der Waals surface area (Å²) < 4.78 is 7.90. The first-order chi connectivity index (χ1) is 8.03. The molecule has 1 atom stereocenters. The van der Waals surface area contributed by atoms with Crippen LogP contribution in [0.1, 0.15) is 46.0 Å². The van der Waals surface area contributed by atoms with Gasteiger partial charge in [0.15, 0.2) is 0 Å². The predicted octanol–water partition coefficient (Wildman–Crippen LogP) is 2.28. The van der Waals surface area contributed by atoms with Gasteiger partial charge in [0.2, 0.25) is 0 Å². The third kappa shape index (κ3) is 3.54. The van der Waals surface area contributed by atoms with Crippen molar-refractivity contribution in [3.05, 3.63) is 18.2 Å². The molecule has 1 heterocycles. The van der Waals surface area contributed by atoms with E-state index in [1.54, 1.807) is 0 Å². The lowest BCUT2D eigenvalue weighted by Gasteiger charge is -2.34. The predicted molar refractivity (Wildman–Crippen MR) is 69.9 cm³/mol. The first-order valence-corrected chi connectivity index (χ1v) is 6.37. The standard InChI is InChI=1S/C13H25N3O/c1-6-8-14-11(13(3,4)17-7-2)12-15-9-10-16(12)5/h9-11,14H,6-8H2,1-5H3. The molecule has 0 saturated carbocycles. The van der Waals surface area contributed by atoms with Gasteiger partial charge in [-0.1, -0.05) is 6.92 Å². The van der Waals surface area contributed by atoms with Crippen LogP contribution < -0.4 is 5.32 Å². The molecule has 4 nitrogen and oxygen atoms in total. The second-order valence-corrected chi connectivity index (χ2v) is 4.82. The van der Waals surface area contributed by atoms with Crippen molar-refractivity contribution in [2.24, 2.45) is 7.05 Å². The number of hydrogen-bond acceptors (Lipinski definition) is 3. The van der Waals surface area contributed by atoms with Crippen molar-refractivity contribution < 1.29 is 4.74 Å². The molecular formula is C13H25N3O. The van der Waals surface area contributed by atoms with Crippen LogP contribution in [0.4, 0.5) is 0 Å². The van der Waals surface area contributed by atoms with E-state index in [4.69, 9.17) is 4.74 Å². The molecule has 17 heavy (non-hydrogen) atoms. The maximum atomic E-state index is 5.85. The smallest absolute Gasteiger partial charge is 0.128 e. The van der Waals surface area contributed by atoms with Crippen LogP contribution in [0.25, 0.3) is 0 Å². The fourth-order valence-electron chi connectivity index (χ4n) is 2.05. The van der Waals surface area contributed by atoms with Gasteiger partial charge in [0.1, 0.15) is 5.82 Å². The summed E-state index contributed by atoms with van der Waals surface area (Å²) in [7, 11) is 2.02. The van der Waals surface area contributed by atoms with Gasteiger partial charge < -0.3 is 14.6 Å². The zero-order chi connectivity index (χ0) is 12.9. The van der Waals surface area contributed by atoms with Crippen molar-refractivity contribution in [3.63, 3.8) is 0 Å². The Kier molecular flexibility index (Phi) is 5.15. The van der Waals surface area contributed by atoms with E-state index < -0.39 is 0 Å². The molecule has 1 unspecified atom stereocenters. The molecule has 1 aromatic heterocycles. The second-order valence-electron chi connectivity index (χ2n) is 4.82. The van der Waals surface area contributed by atoms with Gasteiger partial charge in [-0.05, 0) is 33.7 Å². The van der Waals surface area contributed by atoms with Crippen LogP contribution >= 0.6 is 0 Å². The highest BCUT2D eigenvalue weighted by atomic mass is 16.5. The molecular weight excluding hydrogens is 214 g/mol. The number of rotatable bonds is 7. The lowest BCUT2D eigenvalue weighted by Crippen LogP contribution is -2.43. The van der Waals surface area contributed by atoms with Gasteiger partial charge in [-0.3, -0.25) is 0 Å². The highest BCUT2D eigenvalue weighted by Crippen LogP contribution is 2.27. The van der Waals surface area contributed by atoms with Crippen molar-refractivity contribution in [3.8, 4) is 0 Å². The normalized spacial score (nSPS) is 13.9. The molecule has 0 aliphatic heterocycles. The molecule has 0 fully saturated rings. The minimum absolute atomic E-state index is 0.113. The lowest BCUT2D eigenvalue weighted by atomic mass is 9.97. The summed E-state index contributed by atoms with van der Waals surface area (Å²) in [5.74, 6) is 1.02. The number of hydrogen-bond donors (Lipinski definition) is 1. The molecule has 98 valence electrons. The Balaban J connectivity index is 2.91. The molecule has 0 amide bonds. The van der Waals surface area contributed by atoms with E-state index in [1.807, 2.05) is 30.9 Å². The van der Waals surface area contributed by atoms with Gasteiger partial charge in [-0.15, -0.1) is 0 Å². The quantitative estimate of drug-likeness (QED) is 0.793. The molecule has 0 bridgehead atoms. The van der Waals surface area contributed by atoms with E-state index in [-0.39, 0.29) is 11.6 Å². The van der Waals surface area contributed by atoms with Gasteiger partial charge in [-0.2, -0.15) is 0 Å². The molecule has 0 aliphatic carbocycles. The largest absolute Gasteiger partial charge is 0.374 e. The third-order valence-corrected chi connectivity index (χ3v) is 2.93. The fraction of sp³-hybridized carbons (Fsp3) is 0.769. The van der Waals surface area contributed by atoms with Gasteiger partial charge in [0.05, 0.1) is 11.6 Å². The highest BCUT2D eigenvalue weighted by molar-refractivity contribution is 5.05. The van der Waals surface area contributed by atoms with Crippen LogP contribution in [0.15, 0.2) is 12.4 Å². The molecule has 1 aromatic rings. The Hall–Kier alpha value is -0.870. The van der Waals surface area contributed by atoms with Crippen LogP contribution in [0.5, 0.6) is 0 Å². The first-order valence-electron chi connectivity index (χ1n) is 6.37. The Labute approximate surface area is 104 Å². The molecule has 0 spiro atoms. The Bertz CT molecular complexity index is 333. The average molecular weight is 239 g/mol. The summed E-state index contributed by atoms with van der Waals surface area (Å²) in [4.78, 5) is 4.44. The van der Waals surface area contributed by atoms with E-state index in [1.165, 1.54) is 0 Å². The van der Waals surface area contributed by atoms with Crippen molar-refractivity contribution in [2.45, 2.75) is 45.8 Å². The molecule has 4 heteroatoms. The minimum Gasteiger partial charge on any atom is -0.374 e. The van der Waals surface area contributed by atoms with E-state index >= 15 is 0 Å². The van der Waals surface area contributed by atoms with Crippen LogP contribution in [0.3, 0.4) is 0 Å². The number of ether oxygens (including phenoxy) is 1. The minimum atomic E-state index is -0.261. The number of aryl methyl sites for hydroxylation is 1. The zero-order valence-corrected chi connectivity index (χ0v) is 11.7. The molecule has 0 aromatic carbocycles. The van der Waals surface area contributed by atoms with Gasteiger partial charge in [0.25, 0.3) is 0 Å². The maximum absolute atomic E-state index is 5.85. The third-order valence-electron chi connectivity index (χ3n) is 2.93. The van der Waals surface area contributed by atoms with E-state index in [9.17, 15) is 0 Å². The first kappa shape index (κ1) is 14.2. The van der Waals surface area contributed by atoms with Gasteiger partial charge >= 0.3 is 0 Å². The number of nitrogens with one attached hydrogen (secondary N) is 1. The van der Waals surface area contributed by atoms with Crippen LogP contribution in [-0.4, -0.2) is 28.3 Å². The van der Waals surface area contributed by atoms with Gasteiger partial charge in [0, 0.05) is 26.0 Å². The lowest BCUT2D eigenvalue weighted by molar-refractivity contribution is -0.0418. The van der Waals surface area contributed by atoms with Crippen molar-refractivity contribution in [2.75, 3.05) is 13.2 Å². The summed E-state index contributed by atoms with van der Waals surface area (Å²) >= 11 is 0. The SMILES string of the molecule is CCCNC(c1nccn1C)C(C)(C)OCC. The Morgan fingerprint density at radius 2 is 2.18 bits per heavy atom. The number of imidazole rings is 1. The van der Waals surface area contributed by atoms with E-state index in [0.29, 0.717) is 6.61 Å².